The minimum atomic E-state index is 0.0167. The smallest absolute Gasteiger partial charge is 0.194 e. The van der Waals surface area contributed by atoms with E-state index < -0.39 is 0 Å². The molecule has 2 aromatic heterocycles. The van der Waals surface area contributed by atoms with Crippen molar-refractivity contribution in [3.8, 4) is 5.69 Å². The van der Waals surface area contributed by atoms with Gasteiger partial charge in [-0.25, -0.2) is 14.7 Å². The van der Waals surface area contributed by atoms with E-state index in [0.717, 1.165) is 34.5 Å². The molecule has 0 amide bonds. The first-order valence-electron chi connectivity index (χ1n) is 9.66. The Morgan fingerprint density at radius 1 is 1.38 bits per heavy atom. The van der Waals surface area contributed by atoms with Gasteiger partial charge in [0.1, 0.15) is 11.1 Å². The molecule has 8 heteroatoms. The molecule has 1 unspecified atom stereocenters. The van der Waals surface area contributed by atoms with Crippen molar-refractivity contribution in [2.24, 2.45) is 4.99 Å². The molecule has 0 aliphatic carbocycles. The molecule has 1 aromatic carbocycles. The molecule has 0 aliphatic rings. The summed E-state index contributed by atoms with van der Waals surface area (Å²) >= 11 is 1.63. The van der Waals surface area contributed by atoms with Gasteiger partial charge in [-0.3, -0.25) is 0 Å². The van der Waals surface area contributed by atoms with Gasteiger partial charge in [0.2, 0.25) is 0 Å². The number of guanidine groups is 1. The van der Waals surface area contributed by atoms with Crippen LogP contribution in [0.2, 0.25) is 0 Å². The van der Waals surface area contributed by atoms with E-state index >= 15 is 0 Å². The van der Waals surface area contributed by atoms with Crippen LogP contribution in [-0.2, 0) is 17.8 Å². The number of hydrogen-bond acceptors (Lipinski definition) is 5. The summed E-state index contributed by atoms with van der Waals surface area (Å²) in [4.78, 5) is 11.6. The van der Waals surface area contributed by atoms with Crippen molar-refractivity contribution >= 4 is 17.3 Å². The Labute approximate surface area is 176 Å². The van der Waals surface area contributed by atoms with Gasteiger partial charge in [0, 0.05) is 38.5 Å². The van der Waals surface area contributed by atoms with E-state index in [2.05, 4.69) is 44.7 Å². The van der Waals surface area contributed by atoms with Crippen LogP contribution in [0.1, 0.15) is 36.2 Å². The number of methoxy groups -OCH3 is 1. The van der Waals surface area contributed by atoms with Gasteiger partial charge in [0.05, 0.1) is 24.5 Å². The predicted molar refractivity (Wildman–Crippen MR) is 117 cm³/mol. The van der Waals surface area contributed by atoms with E-state index in [-0.39, 0.29) is 6.10 Å². The van der Waals surface area contributed by atoms with Crippen molar-refractivity contribution in [1.29, 1.82) is 0 Å². The second kappa shape index (κ2) is 10.2. The van der Waals surface area contributed by atoms with Crippen LogP contribution in [-0.4, -0.2) is 46.3 Å². The lowest BCUT2D eigenvalue weighted by Gasteiger charge is -2.21. The zero-order valence-electron chi connectivity index (χ0n) is 17.4. The highest BCUT2D eigenvalue weighted by atomic mass is 32.1. The summed E-state index contributed by atoms with van der Waals surface area (Å²) in [6.07, 6.45) is 3.73. The van der Waals surface area contributed by atoms with Gasteiger partial charge in [-0.05, 0) is 37.6 Å². The fourth-order valence-electron chi connectivity index (χ4n) is 2.86. The highest BCUT2D eigenvalue weighted by Crippen LogP contribution is 2.21. The van der Waals surface area contributed by atoms with E-state index in [4.69, 9.17) is 9.73 Å². The molecule has 3 aromatic rings. The summed E-state index contributed by atoms with van der Waals surface area (Å²) in [5, 5.41) is 10.7. The van der Waals surface area contributed by atoms with E-state index in [1.165, 1.54) is 0 Å². The van der Waals surface area contributed by atoms with Crippen molar-refractivity contribution in [1.82, 2.24) is 25.0 Å². The fourth-order valence-corrected chi connectivity index (χ4v) is 3.70. The minimum Gasteiger partial charge on any atom is -0.375 e. The molecule has 0 saturated heterocycles. The Morgan fingerprint density at radius 2 is 2.24 bits per heavy atom. The number of nitrogens with one attached hydrogen (secondary N) is 1. The Morgan fingerprint density at radius 3 is 2.97 bits per heavy atom. The van der Waals surface area contributed by atoms with E-state index in [1.54, 1.807) is 24.6 Å². The molecule has 0 bridgehead atoms. The van der Waals surface area contributed by atoms with Crippen LogP contribution in [0, 0.1) is 0 Å². The number of aliphatic imine (C=N–C) groups is 1. The van der Waals surface area contributed by atoms with E-state index in [0.29, 0.717) is 13.1 Å². The van der Waals surface area contributed by atoms with Gasteiger partial charge >= 0.3 is 0 Å². The second-order valence-corrected chi connectivity index (χ2v) is 7.59. The van der Waals surface area contributed by atoms with Crippen LogP contribution in [0.5, 0.6) is 0 Å². The van der Waals surface area contributed by atoms with Crippen LogP contribution < -0.4 is 5.32 Å². The van der Waals surface area contributed by atoms with E-state index in [1.807, 2.05) is 43.0 Å². The van der Waals surface area contributed by atoms with Crippen molar-refractivity contribution in [3.05, 3.63) is 64.4 Å². The average Bonchev–Trinajstić information content (AvgIpc) is 3.43. The molecule has 154 valence electrons. The van der Waals surface area contributed by atoms with Crippen LogP contribution in [0.15, 0.2) is 53.1 Å². The van der Waals surface area contributed by atoms with Crippen LogP contribution in [0.4, 0.5) is 0 Å². The summed E-state index contributed by atoms with van der Waals surface area (Å²) in [6.45, 7) is 6.16. The third-order valence-electron chi connectivity index (χ3n) is 4.46. The molecule has 0 fully saturated rings. The molecule has 7 nitrogen and oxygen atoms in total. The lowest BCUT2D eigenvalue weighted by molar-refractivity contribution is 0.119. The Bertz CT molecular complexity index is 921. The zero-order valence-corrected chi connectivity index (χ0v) is 18.2. The van der Waals surface area contributed by atoms with E-state index in [9.17, 15) is 0 Å². The first kappa shape index (κ1) is 21.0. The molecule has 0 aliphatic heterocycles. The maximum atomic E-state index is 5.36. The molecule has 2 heterocycles. The normalized spacial score (nSPS) is 12.8. The summed E-state index contributed by atoms with van der Waals surface area (Å²) in [6, 6.07) is 10.2. The van der Waals surface area contributed by atoms with Gasteiger partial charge in [-0.2, -0.15) is 5.10 Å². The number of benzene rings is 1. The number of aromatic nitrogens is 3. The third kappa shape index (κ3) is 5.65. The number of hydrogen-bond donors (Lipinski definition) is 1. The molecule has 1 atom stereocenters. The first-order chi connectivity index (χ1) is 14.1. The SMILES string of the molecule is CCNC(=NCc1cccc(-n2cccn2)c1)N(C)Cc1csc(C(C)OC)n1. The number of ether oxygens (including phenoxy) is 1. The topological polar surface area (TPSA) is 67.6 Å². The lowest BCUT2D eigenvalue weighted by atomic mass is 10.2. The molecular weight excluding hydrogens is 384 g/mol. The molecule has 3 rings (SSSR count). The van der Waals surface area contributed by atoms with Crippen molar-refractivity contribution in [2.75, 3.05) is 20.7 Å². The number of thiazole rings is 1. The fraction of sp³-hybridized carbons (Fsp3) is 0.381. The largest absolute Gasteiger partial charge is 0.375 e. The standard InChI is InChI=1S/C21H28N6OS/c1-5-22-21(26(3)14-18-15-29-20(25-18)16(2)28-4)23-13-17-8-6-9-19(12-17)27-11-7-10-24-27/h6-12,15-16H,5,13-14H2,1-4H3,(H,22,23). The van der Waals surface area contributed by atoms with Crippen molar-refractivity contribution in [3.63, 3.8) is 0 Å². The molecule has 0 radical (unpaired) electrons. The number of nitrogens with zero attached hydrogens (tertiary/aromatic N) is 5. The molecular formula is C21H28N6OS. The van der Waals surface area contributed by atoms with Crippen LogP contribution >= 0.6 is 11.3 Å². The quantitative estimate of drug-likeness (QED) is 0.452. The Balaban J connectivity index is 1.69. The van der Waals surface area contributed by atoms with Gasteiger partial charge in [0.15, 0.2) is 5.96 Å². The Hall–Kier alpha value is -2.71. The summed E-state index contributed by atoms with van der Waals surface area (Å²) < 4.78 is 7.21. The molecule has 1 N–H and O–H groups in total. The number of rotatable bonds is 8. The molecule has 0 spiro atoms. The van der Waals surface area contributed by atoms with Gasteiger partial charge in [-0.1, -0.05) is 12.1 Å². The lowest BCUT2D eigenvalue weighted by Crippen LogP contribution is -2.38. The maximum absolute atomic E-state index is 5.36. The maximum Gasteiger partial charge on any atom is 0.194 e. The second-order valence-electron chi connectivity index (χ2n) is 6.70. The zero-order chi connectivity index (χ0) is 20.6. The van der Waals surface area contributed by atoms with Crippen LogP contribution in [0.3, 0.4) is 0 Å². The van der Waals surface area contributed by atoms with Gasteiger partial charge in [0.25, 0.3) is 0 Å². The molecule has 29 heavy (non-hydrogen) atoms. The highest BCUT2D eigenvalue weighted by Gasteiger charge is 2.12. The summed E-state index contributed by atoms with van der Waals surface area (Å²) in [5.41, 5.74) is 3.18. The summed E-state index contributed by atoms with van der Waals surface area (Å²) in [5.74, 6) is 0.853. The minimum absolute atomic E-state index is 0.0167. The summed E-state index contributed by atoms with van der Waals surface area (Å²) in [7, 11) is 3.73. The first-order valence-corrected chi connectivity index (χ1v) is 10.5. The van der Waals surface area contributed by atoms with Crippen LogP contribution in [0.25, 0.3) is 5.69 Å². The van der Waals surface area contributed by atoms with Gasteiger partial charge < -0.3 is 15.0 Å². The highest BCUT2D eigenvalue weighted by molar-refractivity contribution is 7.09. The monoisotopic (exact) mass is 412 g/mol. The van der Waals surface area contributed by atoms with Crippen molar-refractivity contribution in [2.45, 2.75) is 33.0 Å². The third-order valence-corrected chi connectivity index (χ3v) is 5.51. The molecule has 0 saturated carbocycles. The van der Waals surface area contributed by atoms with Gasteiger partial charge in [-0.15, -0.1) is 11.3 Å². The average molecular weight is 413 g/mol. The Kier molecular flexibility index (Phi) is 7.37. The van der Waals surface area contributed by atoms with Crippen molar-refractivity contribution < 1.29 is 4.74 Å². The predicted octanol–water partition coefficient (Wildman–Crippen LogP) is 3.63.